The van der Waals surface area contributed by atoms with Crippen molar-refractivity contribution in [1.82, 2.24) is 5.32 Å². The molecule has 7 nitrogen and oxygen atoms in total. The van der Waals surface area contributed by atoms with Crippen molar-refractivity contribution in [2.75, 3.05) is 19.6 Å². The number of carbonyl (C=O) groups excluding carboxylic acids is 1. The molecule has 1 heterocycles. The predicted molar refractivity (Wildman–Crippen MR) is 85.1 cm³/mol. The lowest BCUT2D eigenvalue weighted by atomic mass is 9.93. The Balaban J connectivity index is 0.000000534. The smallest absolute Gasteiger partial charge is 0.248 e. The lowest BCUT2D eigenvalue weighted by Crippen LogP contribution is -3.11. The van der Waals surface area contributed by atoms with Crippen LogP contribution in [0.2, 0.25) is 0 Å². The van der Waals surface area contributed by atoms with Gasteiger partial charge in [0.05, 0.1) is 24.9 Å². The minimum atomic E-state index is -4.60. The van der Waals surface area contributed by atoms with E-state index in [1.807, 2.05) is 0 Å². The van der Waals surface area contributed by atoms with Crippen LogP contribution in [0.25, 0.3) is 0 Å². The highest BCUT2D eigenvalue weighted by atomic mass is 32.2. The summed E-state index contributed by atoms with van der Waals surface area (Å²) in [7, 11) is -4.60. The summed E-state index contributed by atoms with van der Waals surface area (Å²) in [6.07, 6.45) is 5.66. The Morgan fingerprint density at radius 1 is 1.27 bits per heavy atom. The molecule has 0 bridgehead atoms. The van der Waals surface area contributed by atoms with Gasteiger partial charge in [-0.3, -0.25) is 4.79 Å². The zero-order valence-electron chi connectivity index (χ0n) is 13.6. The first-order valence-electron chi connectivity index (χ1n) is 7.35. The maximum absolute atomic E-state index is 11.2. The molecule has 2 atom stereocenters. The lowest BCUT2D eigenvalue weighted by molar-refractivity contribution is -0.894. The Morgan fingerprint density at radius 2 is 1.77 bits per heavy atom. The van der Waals surface area contributed by atoms with Gasteiger partial charge in [-0.1, -0.05) is 6.08 Å². The van der Waals surface area contributed by atoms with Crippen molar-refractivity contribution in [2.24, 2.45) is 5.73 Å². The van der Waals surface area contributed by atoms with E-state index in [2.05, 4.69) is 26.1 Å². The molecule has 2 unspecified atom stereocenters. The summed E-state index contributed by atoms with van der Waals surface area (Å²) >= 11 is 0. The molecule has 0 aromatic rings. The summed E-state index contributed by atoms with van der Waals surface area (Å²) < 4.78 is 32.6. The number of quaternary nitrogens is 1. The van der Waals surface area contributed by atoms with Gasteiger partial charge in [-0.2, -0.15) is 0 Å². The molecule has 0 aliphatic carbocycles. The highest BCUT2D eigenvalue weighted by Gasteiger charge is 2.43. The number of rotatable bonds is 6. The molecule has 0 radical (unpaired) electrons. The van der Waals surface area contributed by atoms with E-state index in [4.69, 9.17) is 5.73 Å². The number of allylic oxidation sites excluding steroid dienone is 2. The maximum atomic E-state index is 11.2. The second-order valence-corrected chi connectivity index (χ2v) is 6.73. The van der Waals surface area contributed by atoms with Crippen LogP contribution in [0, 0.1) is 0 Å². The quantitative estimate of drug-likeness (QED) is 0.525. The van der Waals surface area contributed by atoms with Crippen molar-refractivity contribution in [3.8, 4) is 0 Å². The van der Waals surface area contributed by atoms with Crippen LogP contribution >= 0.6 is 0 Å². The van der Waals surface area contributed by atoms with Gasteiger partial charge in [0.25, 0.3) is 0 Å². The molecular formula is C14H27N3O4S. The van der Waals surface area contributed by atoms with Crippen molar-refractivity contribution in [3.63, 3.8) is 0 Å². The Morgan fingerprint density at radius 3 is 2.00 bits per heavy atom. The fourth-order valence-corrected chi connectivity index (χ4v) is 2.80. The number of nitrogens with two attached hydrogens (primary N) is 1. The van der Waals surface area contributed by atoms with Crippen LogP contribution in [0.5, 0.6) is 0 Å². The second kappa shape index (κ2) is 8.92. The average Bonchev–Trinajstić information content (AvgIpc) is 2.48. The molecule has 1 aliphatic rings. The molecule has 0 aromatic heterocycles. The third-order valence-electron chi connectivity index (χ3n) is 3.87. The molecule has 128 valence electrons. The van der Waals surface area contributed by atoms with Gasteiger partial charge in [-0.15, -0.1) is 0 Å². The topological polar surface area (TPSA) is 117 Å². The summed E-state index contributed by atoms with van der Waals surface area (Å²) in [5, 5.41) is 1.05. The van der Waals surface area contributed by atoms with Crippen LogP contribution in [0.3, 0.4) is 0 Å². The first-order chi connectivity index (χ1) is 10.2. The zero-order valence-corrected chi connectivity index (χ0v) is 14.4. The summed E-state index contributed by atoms with van der Waals surface area (Å²) in [4.78, 5) is 12.9. The Hall–Kier alpha value is -1.38. The fourth-order valence-electron chi connectivity index (χ4n) is 2.08. The largest absolute Gasteiger partial charge is 0.748 e. The van der Waals surface area contributed by atoms with Crippen molar-refractivity contribution in [3.05, 3.63) is 24.4 Å². The Bertz CT molecular complexity index is 507. The normalized spacial score (nSPS) is 21.7. The molecule has 0 spiro atoms. The van der Waals surface area contributed by atoms with Crippen LogP contribution < -0.4 is 16.0 Å². The van der Waals surface area contributed by atoms with Crippen LogP contribution in [0.1, 0.15) is 27.7 Å². The van der Waals surface area contributed by atoms with Gasteiger partial charge in [0, 0.05) is 0 Å². The minimum absolute atomic E-state index is 0.907. The van der Waals surface area contributed by atoms with Crippen molar-refractivity contribution in [1.29, 1.82) is 0 Å². The summed E-state index contributed by atoms with van der Waals surface area (Å²) in [6.45, 7) is 11.6. The predicted octanol–water partition coefficient (Wildman–Crippen LogP) is -1.25. The van der Waals surface area contributed by atoms with Crippen LogP contribution in [0.4, 0.5) is 0 Å². The minimum Gasteiger partial charge on any atom is -0.748 e. The van der Waals surface area contributed by atoms with E-state index in [1.54, 1.807) is 11.0 Å². The number of amides is 1. The van der Waals surface area contributed by atoms with Crippen LogP contribution in [-0.4, -0.2) is 49.3 Å². The zero-order chi connectivity index (χ0) is 17.4. The summed E-state index contributed by atoms with van der Waals surface area (Å²) in [5.41, 5.74) is 3.45. The van der Waals surface area contributed by atoms with Crippen molar-refractivity contribution >= 4 is 16.0 Å². The van der Waals surface area contributed by atoms with E-state index in [0.29, 0.717) is 0 Å². The lowest BCUT2D eigenvalue weighted by Gasteiger charge is -2.36. The van der Waals surface area contributed by atoms with Gasteiger partial charge in [-0.25, -0.2) is 8.42 Å². The molecule has 0 saturated heterocycles. The van der Waals surface area contributed by atoms with E-state index in [9.17, 15) is 17.8 Å². The number of nitrogens with one attached hydrogen (secondary N) is 2. The van der Waals surface area contributed by atoms with Gasteiger partial charge in [0.2, 0.25) is 5.91 Å². The van der Waals surface area contributed by atoms with Gasteiger partial charge in [-0.05, 0) is 46.0 Å². The number of dihydropyridines is 1. The number of hydrogen-bond donors (Lipinski definition) is 3. The Labute approximate surface area is 133 Å². The number of primary amides is 1. The van der Waals surface area contributed by atoms with E-state index in [0.717, 1.165) is 6.92 Å². The highest BCUT2D eigenvalue weighted by molar-refractivity contribution is 7.86. The van der Waals surface area contributed by atoms with E-state index in [-0.39, 0.29) is 0 Å². The molecule has 0 fully saturated rings. The molecule has 8 heteroatoms. The summed E-state index contributed by atoms with van der Waals surface area (Å²) in [5.74, 6) is -0.907. The SMILES string of the molecule is CC(C1(C(N)=O)C=CC=CN1)S(=O)(=O)[O-].CC[NH+](CC)CC. The van der Waals surface area contributed by atoms with Gasteiger partial charge in [0.1, 0.15) is 10.1 Å². The van der Waals surface area contributed by atoms with Gasteiger partial charge < -0.3 is 20.5 Å². The first kappa shape index (κ1) is 20.6. The third-order valence-corrected chi connectivity index (χ3v) is 5.11. The van der Waals surface area contributed by atoms with E-state index >= 15 is 0 Å². The molecule has 1 aliphatic heterocycles. The van der Waals surface area contributed by atoms with Crippen LogP contribution in [0.15, 0.2) is 24.4 Å². The first-order valence-corrected chi connectivity index (χ1v) is 8.83. The fraction of sp³-hybridized carbons (Fsp3) is 0.643. The number of carbonyl (C=O) groups is 1. The van der Waals surface area contributed by atoms with E-state index < -0.39 is 26.8 Å². The molecule has 1 rings (SSSR count). The second-order valence-electron chi connectivity index (χ2n) is 5.04. The van der Waals surface area contributed by atoms with Crippen molar-refractivity contribution in [2.45, 2.75) is 38.5 Å². The molecule has 0 aromatic carbocycles. The molecule has 1 amide bonds. The van der Waals surface area contributed by atoms with Crippen LogP contribution in [-0.2, 0) is 14.9 Å². The van der Waals surface area contributed by atoms with Crippen molar-refractivity contribution < 1.29 is 22.7 Å². The Kier molecular flexibility index (Phi) is 8.36. The maximum Gasteiger partial charge on any atom is 0.248 e. The average molecular weight is 333 g/mol. The molecule has 4 N–H and O–H groups in total. The monoisotopic (exact) mass is 333 g/mol. The van der Waals surface area contributed by atoms with Gasteiger partial charge >= 0.3 is 0 Å². The number of hydrogen-bond acceptors (Lipinski definition) is 5. The standard InChI is InChI=1S/C8H12N2O4S.C6H15N/c1-6(15(12,13)14)8(7(9)11)4-2-3-5-10-8;1-4-7(5-2)6-3/h2-6,10H,1H3,(H2,9,11)(H,12,13,14);4-6H2,1-3H3. The summed E-state index contributed by atoms with van der Waals surface area (Å²) in [6, 6.07) is 0. The third kappa shape index (κ3) is 5.43. The highest BCUT2D eigenvalue weighted by Crippen LogP contribution is 2.21. The molecular weight excluding hydrogens is 306 g/mol. The molecule has 22 heavy (non-hydrogen) atoms. The van der Waals surface area contributed by atoms with E-state index in [1.165, 1.54) is 38.0 Å². The molecule has 0 saturated carbocycles. The van der Waals surface area contributed by atoms with Gasteiger partial charge in [0.15, 0.2) is 5.54 Å².